The van der Waals surface area contributed by atoms with Crippen molar-refractivity contribution in [2.24, 2.45) is 0 Å². The Morgan fingerprint density at radius 3 is 2.37 bits per heavy atom. The number of hydrogen-bond acceptors (Lipinski definition) is 3. The van der Waals surface area contributed by atoms with Crippen LogP contribution in [0.1, 0.15) is 25.7 Å². The number of rotatable bonds is 2. The highest BCUT2D eigenvalue weighted by Gasteiger charge is 2.14. The molecule has 1 N–H and O–H groups in total. The van der Waals surface area contributed by atoms with Crippen molar-refractivity contribution in [3.05, 3.63) is 30.5 Å². The molecule has 2 heterocycles. The van der Waals surface area contributed by atoms with E-state index in [9.17, 15) is 0 Å². The number of fused-ring (bicyclic) bond motifs is 1. The Bertz CT molecular complexity index is 557. The molecule has 0 bridgehead atoms. The Morgan fingerprint density at radius 1 is 1.00 bits per heavy atom. The highest BCUT2D eigenvalue weighted by atomic mass is 15.2. The summed E-state index contributed by atoms with van der Waals surface area (Å²) in [4.78, 5) is 7.16. The number of nitrogens with zero attached hydrogens (tertiary/aromatic N) is 2. The Kier molecular flexibility index (Phi) is 3.53. The molecular weight excluding hydrogens is 234 g/mol. The van der Waals surface area contributed by atoms with Crippen LogP contribution in [0.4, 0.5) is 11.5 Å². The molecule has 1 aliphatic rings. The molecule has 100 valence electrons. The van der Waals surface area contributed by atoms with Crippen LogP contribution in [0.5, 0.6) is 0 Å². The van der Waals surface area contributed by atoms with E-state index < -0.39 is 0 Å². The molecule has 0 spiro atoms. The Hall–Kier alpha value is -1.77. The maximum Gasteiger partial charge on any atom is 0.136 e. The van der Waals surface area contributed by atoms with E-state index in [0.717, 1.165) is 24.6 Å². The summed E-state index contributed by atoms with van der Waals surface area (Å²) in [6.07, 6.45) is 7.22. The first-order chi connectivity index (χ1) is 9.40. The molecule has 0 unspecified atom stereocenters. The van der Waals surface area contributed by atoms with Crippen molar-refractivity contribution in [3.63, 3.8) is 0 Å². The summed E-state index contributed by atoms with van der Waals surface area (Å²) in [5.74, 6) is 1.15. The van der Waals surface area contributed by atoms with Crippen molar-refractivity contribution in [1.29, 1.82) is 0 Å². The predicted molar refractivity (Wildman–Crippen MR) is 82.0 cm³/mol. The standard InChI is InChI=1S/C16H21N3/c1-17-15-12-18-16(14-9-5-4-8-13(14)15)19-10-6-2-3-7-11-19/h4-5,8-9,12,17H,2-3,6-7,10-11H2,1H3. The lowest BCUT2D eigenvalue weighted by molar-refractivity contribution is 0.726. The summed E-state index contributed by atoms with van der Waals surface area (Å²) in [6.45, 7) is 2.27. The van der Waals surface area contributed by atoms with Crippen LogP contribution in [0.3, 0.4) is 0 Å². The van der Waals surface area contributed by atoms with Gasteiger partial charge in [-0.25, -0.2) is 4.98 Å². The second-order valence-electron chi connectivity index (χ2n) is 5.19. The van der Waals surface area contributed by atoms with Crippen molar-refractivity contribution >= 4 is 22.3 Å². The van der Waals surface area contributed by atoms with E-state index in [0.29, 0.717) is 0 Å². The molecule has 1 saturated heterocycles. The maximum atomic E-state index is 4.71. The van der Waals surface area contributed by atoms with Gasteiger partial charge in [0.2, 0.25) is 0 Å². The Labute approximate surface area is 114 Å². The number of hydrogen-bond donors (Lipinski definition) is 1. The number of nitrogens with one attached hydrogen (secondary N) is 1. The van der Waals surface area contributed by atoms with Crippen LogP contribution in [0, 0.1) is 0 Å². The van der Waals surface area contributed by atoms with Crippen LogP contribution < -0.4 is 10.2 Å². The van der Waals surface area contributed by atoms with E-state index in [2.05, 4.69) is 34.5 Å². The fourth-order valence-corrected chi connectivity index (χ4v) is 2.91. The fourth-order valence-electron chi connectivity index (χ4n) is 2.91. The van der Waals surface area contributed by atoms with E-state index >= 15 is 0 Å². The highest BCUT2D eigenvalue weighted by Crippen LogP contribution is 2.30. The third-order valence-corrected chi connectivity index (χ3v) is 3.95. The van der Waals surface area contributed by atoms with Crippen LogP contribution >= 0.6 is 0 Å². The zero-order valence-electron chi connectivity index (χ0n) is 11.5. The highest BCUT2D eigenvalue weighted by molar-refractivity contribution is 6.00. The van der Waals surface area contributed by atoms with Crippen molar-refractivity contribution in [2.45, 2.75) is 25.7 Å². The van der Waals surface area contributed by atoms with Crippen molar-refractivity contribution in [1.82, 2.24) is 4.98 Å². The molecule has 0 radical (unpaired) electrons. The number of anilines is 2. The van der Waals surface area contributed by atoms with Crippen LogP contribution in [-0.4, -0.2) is 25.1 Å². The lowest BCUT2D eigenvalue weighted by atomic mass is 10.1. The van der Waals surface area contributed by atoms with Gasteiger partial charge >= 0.3 is 0 Å². The number of benzene rings is 1. The first-order valence-electron chi connectivity index (χ1n) is 7.20. The molecule has 0 atom stereocenters. The van der Waals surface area contributed by atoms with E-state index in [1.807, 2.05) is 13.2 Å². The summed E-state index contributed by atoms with van der Waals surface area (Å²) in [5.41, 5.74) is 1.11. The molecular formula is C16H21N3. The topological polar surface area (TPSA) is 28.2 Å². The van der Waals surface area contributed by atoms with Crippen LogP contribution in [0.15, 0.2) is 30.5 Å². The molecule has 1 aromatic heterocycles. The van der Waals surface area contributed by atoms with Gasteiger partial charge in [-0.2, -0.15) is 0 Å². The van der Waals surface area contributed by atoms with Crippen LogP contribution in [0.25, 0.3) is 10.8 Å². The van der Waals surface area contributed by atoms with Crippen molar-refractivity contribution in [3.8, 4) is 0 Å². The number of aromatic nitrogens is 1. The lowest BCUT2D eigenvalue weighted by Gasteiger charge is -2.23. The van der Waals surface area contributed by atoms with Gasteiger partial charge in [0.1, 0.15) is 5.82 Å². The van der Waals surface area contributed by atoms with Gasteiger partial charge in [-0.15, -0.1) is 0 Å². The molecule has 0 amide bonds. The second-order valence-corrected chi connectivity index (χ2v) is 5.19. The van der Waals surface area contributed by atoms with Crippen LogP contribution in [0.2, 0.25) is 0 Å². The molecule has 3 nitrogen and oxygen atoms in total. The van der Waals surface area contributed by atoms with E-state index in [4.69, 9.17) is 4.98 Å². The van der Waals surface area contributed by atoms with Gasteiger partial charge in [0.15, 0.2) is 0 Å². The minimum atomic E-state index is 1.11. The minimum Gasteiger partial charge on any atom is -0.386 e. The molecule has 19 heavy (non-hydrogen) atoms. The average Bonchev–Trinajstić information content (AvgIpc) is 2.75. The smallest absolute Gasteiger partial charge is 0.136 e. The first-order valence-corrected chi connectivity index (χ1v) is 7.20. The zero-order valence-corrected chi connectivity index (χ0v) is 11.5. The normalized spacial score (nSPS) is 16.4. The Morgan fingerprint density at radius 2 is 1.68 bits per heavy atom. The van der Waals surface area contributed by atoms with Crippen molar-refractivity contribution < 1.29 is 0 Å². The molecule has 0 aliphatic carbocycles. The number of pyridine rings is 1. The van der Waals surface area contributed by atoms with Gasteiger partial charge in [-0.05, 0) is 12.8 Å². The third kappa shape index (κ3) is 2.37. The lowest BCUT2D eigenvalue weighted by Crippen LogP contribution is -2.25. The predicted octanol–water partition coefficient (Wildman–Crippen LogP) is 3.66. The zero-order chi connectivity index (χ0) is 13.1. The SMILES string of the molecule is CNc1cnc(N2CCCCCC2)c2ccccc12. The summed E-state index contributed by atoms with van der Waals surface area (Å²) in [7, 11) is 1.95. The molecule has 1 aliphatic heterocycles. The quantitative estimate of drug-likeness (QED) is 0.887. The molecule has 2 aromatic rings. The van der Waals surface area contributed by atoms with Crippen molar-refractivity contribution in [2.75, 3.05) is 30.4 Å². The monoisotopic (exact) mass is 255 g/mol. The van der Waals surface area contributed by atoms with Gasteiger partial charge < -0.3 is 10.2 Å². The summed E-state index contributed by atoms with van der Waals surface area (Å²) >= 11 is 0. The largest absolute Gasteiger partial charge is 0.386 e. The summed E-state index contributed by atoms with van der Waals surface area (Å²) in [5, 5.41) is 5.76. The van der Waals surface area contributed by atoms with Gasteiger partial charge in [-0.1, -0.05) is 37.1 Å². The molecule has 3 rings (SSSR count). The molecule has 1 fully saturated rings. The third-order valence-electron chi connectivity index (χ3n) is 3.95. The average molecular weight is 255 g/mol. The molecule has 3 heteroatoms. The molecule has 1 aromatic carbocycles. The fraction of sp³-hybridized carbons (Fsp3) is 0.438. The Balaban J connectivity index is 2.08. The maximum absolute atomic E-state index is 4.71. The van der Waals surface area contributed by atoms with E-state index in [1.165, 1.54) is 36.5 Å². The van der Waals surface area contributed by atoms with Gasteiger partial charge in [0.05, 0.1) is 11.9 Å². The summed E-state index contributed by atoms with van der Waals surface area (Å²) < 4.78 is 0. The van der Waals surface area contributed by atoms with Crippen LogP contribution in [-0.2, 0) is 0 Å². The summed E-state index contributed by atoms with van der Waals surface area (Å²) in [6, 6.07) is 8.55. The van der Waals surface area contributed by atoms with E-state index in [-0.39, 0.29) is 0 Å². The van der Waals surface area contributed by atoms with Gasteiger partial charge in [0, 0.05) is 30.9 Å². The minimum absolute atomic E-state index is 1.11. The first kappa shape index (κ1) is 12.3. The van der Waals surface area contributed by atoms with E-state index in [1.54, 1.807) is 0 Å². The van der Waals surface area contributed by atoms with Gasteiger partial charge in [-0.3, -0.25) is 0 Å². The second kappa shape index (κ2) is 5.47. The van der Waals surface area contributed by atoms with Gasteiger partial charge in [0.25, 0.3) is 0 Å². The molecule has 0 saturated carbocycles.